The quantitative estimate of drug-likeness (QED) is 0.779. The van der Waals surface area contributed by atoms with Gasteiger partial charge in [0, 0.05) is 24.4 Å². The number of hydrogen-bond acceptors (Lipinski definition) is 3. The van der Waals surface area contributed by atoms with Gasteiger partial charge < -0.3 is 15.3 Å². The normalized spacial score (nSPS) is 23.7. The number of carbonyl (C=O) groups excluding carboxylic acids is 1. The highest BCUT2D eigenvalue weighted by Gasteiger charge is 2.27. The first-order valence-corrected chi connectivity index (χ1v) is 8.05. The average Bonchev–Trinajstić information content (AvgIpc) is 2.38. The molecule has 1 saturated carbocycles. The summed E-state index contributed by atoms with van der Waals surface area (Å²) in [6, 6.07) is 0.268. The highest BCUT2D eigenvalue weighted by atomic mass is 32.2. The van der Waals surface area contributed by atoms with Crippen molar-refractivity contribution in [2.24, 2.45) is 0 Å². The molecule has 5 heteroatoms. The largest absolute Gasteiger partial charge is 0.395 e. The molecular formula is C13H26N2O2S. The van der Waals surface area contributed by atoms with E-state index in [4.69, 9.17) is 5.11 Å². The molecule has 1 aliphatic rings. The zero-order chi connectivity index (χ0) is 13.4. The second-order valence-corrected chi connectivity index (χ2v) is 6.15. The monoisotopic (exact) mass is 274 g/mol. The van der Waals surface area contributed by atoms with E-state index in [9.17, 15) is 4.79 Å². The Morgan fingerprint density at radius 1 is 1.39 bits per heavy atom. The number of urea groups is 1. The molecule has 4 nitrogen and oxygen atoms in total. The summed E-state index contributed by atoms with van der Waals surface area (Å²) in [5, 5.41) is 12.6. The third-order valence-corrected chi connectivity index (χ3v) is 4.76. The lowest BCUT2D eigenvalue weighted by Crippen LogP contribution is -2.50. The van der Waals surface area contributed by atoms with Crippen LogP contribution in [0.1, 0.15) is 39.5 Å². The first kappa shape index (κ1) is 15.6. The van der Waals surface area contributed by atoms with Gasteiger partial charge in [0.1, 0.15) is 0 Å². The highest BCUT2D eigenvalue weighted by Crippen LogP contribution is 2.28. The van der Waals surface area contributed by atoms with Crippen LogP contribution < -0.4 is 5.32 Å². The average molecular weight is 274 g/mol. The van der Waals surface area contributed by atoms with Crippen molar-refractivity contribution in [3.05, 3.63) is 0 Å². The molecule has 106 valence electrons. The Labute approximate surface area is 115 Å². The van der Waals surface area contributed by atoms with Crippen LogP contribution in [0, 0.1) is 0 Å². The van der Waals surface area contributed by atoms with Crippen LogP contribution in [0.3, 0.4) is 0 Å². The van der Waals surface area contributed by atoms with Gasteiger partial charge in [0.05, 0.1) is 6.61 Å². The van der Waals surface area contributed by atoms with Gasteiger partial charge in [-0.25, -0.2) is 4.79 Å². The summed E-state index contributed by atoms with van der Waals surface area (Å²) in [6.07, 6.45) is 4.77. The number of amides is 2. The fourth-order valence-corrected chi connectivity index (χ4v) is 3.65. The second kappa shape index (κ2) is 8.64. The summed E-state index contributed by atoms with van der Waals surface area (Å²) >= 11 is 1.95. The Morgan fingerprint density at radius 3 is 2.72 bits per heavy atom. The molecular weight excluding hydrogens is 248 g/mol. The van der Waals surface area contributed by atoms with Crippen LogP contribution in [0.2, 0.25) is 0 Å². The van der Waals surface area contributed by atoms with Crippen molar-refractivity contribution in [2.75, 3.05) is 25.4 Å². The van der Waals surface area contributed by atoms with E-state index >= 15 is 0 Å². The number of thioether (sulfide) groups is 1. The summed E-state index contributed by atoms with van der Waals surface area (Å²) in [5.74, 6) is 1.10. The Hall–Kier alpha value is -0.420. The Balaban J connectivity index is 2.49. The number of rotatable bonds is 6. The first-order valence-electron chi connectivity index (χ1n) is 7.00. The predicted molar refractivity (Wildman–Crippen MR) is 77.0 cm³/mol. The van der Waals surface area contributed by atoms with Gasteiger partial charge in [-0.1, -0.05) is 19.8 Å². The first-order chi connectivity index (χ1) is 8.72. The van der Waals surface area contributed by atoms with E-state index in [0.717, 1.165) is 12.2 Å². The highest BCUT2D eigenvalue weighted by molar-refractivity contribution is 7.99. The Bertz CT molecular complexity index is 249. The maximum atomic E-state index is 12.1. The van der Waals surface area contributed by atoms with Crippen LogP contribution in [0.15, 0.2) is 0 Å². The molecule has 2 atom stereocenters. The topological polar surface area (TPSA) is 52.6 Å². The Kier molecular flexibility index (Phi) is 7.51. The second-order valence-electron chi connectivity index (χ2n) is 4.64. The van der Waals surface area contributed by atoms with Gasteiger partial charge in [0.25, 0.3) is 0 Å². The fourth-order valence-electron chi connectivity index (χ4n) is 2.45. The zero-order valence-electron chi connectivity index (χ0n) is 11.5. The maximum absolute atomic E-state index is 12.1. The molecule has 0 aromatic carbocycles. The maximum Gasteiger partial charge on any atom is 0.317 e. The molecule has 0 aromatic heterocycles. The molecule has 0 aromatic rings. The van der Waals surface area contributed by atoms with E-state index in [2.05, 4.69) is 12.2 Å². The number of carbonyl (C=O) groups is 1. The summed E-state index contributed by atoms with van der Waals surface area (Å²) in [6.45, 7) is 5.20. The number of likely N-dealkylation sites (N-methyl/N-ethyl adjacent to an activating group) is 1. The van der Waals surface area contributed by atoms with Crippen molar-refractivity contribution in [3.8, 4) is 0 Å². The van der Waals surface area contributed by atoms with Crippen molar-refractivity contribution in [2.45, 2.75) is 50.8 Å². The van der Waals surface area contributed by atoms with Crippen molar-refractivity contribution in [1.82, 2.24) is 10.2 Å². The Morgan fingerprint density at radius 2 is 2.11 bits per heavy atom. The minimum atomic E-state index is -0.0276. The van der Waals surface area contributed by atoms with Crippen LogP contribution in [-0.4, -0.2) is 52.8 Å². The molecule has 1 rings (SSSR count). The fraction of sp³-hybridized carbons (Fsp3) is 0.923. The van der Waals surface area contributed by atoms with Crippen molar-refractivity contribution < 1.29 is 9.90 Å². The lowest BCUT2D eigenvalue weighted by molar-refractivity contribution is 0.175. The van der Waals surface area contributed by atoms with Crippen LogP contribution >= 0.6 is 11.8 Å². The van der Waals surface area contributed by atoms with Gasteiger partial charge in [-0.15, -0.1) is 0 Å². The van der Waals surface area contributed by atoms with Crippen molar-refractivity contribution in [3.63, 3.8) is 0 Å². The number of nitrogens with one attached hydrogen (secondary N) is 1. The number of aliphatic hydroxyl groups is 1. The lowest BCUT2D eigenvalue weighted by atomic mass is 9.95. The molecule has 1 aliphatic carbocycles. The van der Waals surface area contributed by atoms with Gasteiger partial charge >= 0.3 is 6.03 Å². The van der Waals surface area contributed by atoms with E-state index in [1.807, 2.05) is 18.7 Å². The summed E-state index contributed by atoms with van der Waals surface area (Å²) in [5.41, 5.74) is 0. The van der Waals surface area contributed by atoms with E-state index < -0.39 is 0 Å². The van der Waals surface area contributed by atoms with Gasteiger partial charge in [0.15, 0.2) is 0 Å². The molecule has 0 spiro atoms. The zero-order valence-corrected chi connectivity index (χ0v) is 12.3. The molecule has 0 radical (unpaired) electrons. The van der Waals surface area contributed by atoms with Crippen molar-refractivity contribution >= 4 is 17.8 Å². The molecule has 0 aliphatic heterocycles. The molecule has 2 amide bonds. The minimum Gasteiger partial charge on any atom is -0.395 e. The van der Waals surface area contributed by atoms with Crippen LogP contribution in [-0.2, 0) is 0 Å². The van der Waals surface area contributed by atoms with Gasteiger partial charge in [-0.05, 0) is 25.5 Å². The van der Waals surface area contributed by atoms with Gasteiger partial charge in [-0.2, -0.15) is 11.8 Å². The molecule has 18 heavy (non-hydrogen) atoms. The summed E-state index contributed by atoms with van der Waals surface area (Å²) in [4.78, 5) is 13.7. The minimum absolute atomic E-state index is 0.0269. The third kappa shape index (κ3) is 4.69. The standard InChI is InChI=1S/C13H26N2O2S/c1-3-15(9-10-16)13(17)14-11-7-5-6-8-12(11)18-4-2/h11-12,16H,3-10H2,1-2H3,(H,14,17). The predicted octanol–water partition coefficient (Wildman–Crippen LogP) is 2.07. The summed E-state index contributed by atoms with van der Waals surface area (Å²) < 4.78 is 0. The molecule has 0 heterocycles. The SMILES string of the molecule is CCSC1CCCCC1NC(=O)N(CC)CCO. The lowest BCUT2D eigenvalue weighted by Gasteiger charge is -2.33. The van der Waals surface area contributed by atoms with E-state index in [-0.39, 0.29) is 12.6 Å². The summed E-state index contributed by atoms with van der Waals surface area (Å²) in [7, 11) is 0. The molecule has 2 N–H and O–H groups in total. The van der Waals surface area contributed by atoms with Crippen LogP contribution in [0.25, 0.3) is 0 Å². The number of nitrogens with zero attached hydrogens (tertiary/aromatic N) is 1. The van der Waals surface area contributed by atoms with E-state index in [1.54, 1.807) is 4.90 Å². The van der Waals surface area contributed by atoms with Crippen LogP contribution in [0.5, 0.6) is 0 Å². The molecule has 2 unspecified atom stereocenters. The smallest absolute Gasteiger partial charge is 0.317 e. The number of aliphatic hydroxyl groups excluding tert-OH is 1. The van der Waals surface area contributed by atoms with Crippen LogP contribution in [0.4, 0.5) is 4.79 Å². The van der Waals surface area contributed by atoms with E-state index in [1.165, 1.54) is 19.3 Å². The van der Waals surface area contributed by atoms with Crippen molar-refractivity contribution in [1.29, 1.82) is 0 Å². The molecule has 0 bridgehead atoms. The molecule has 1 fully saturated rings. The van der Waals surface area contributed by atoms with Gasteiger partial charge in [0.2, 0.25) is 0 Å². The molecule has 0 saturated heterocycles. The van der Waals surface area contributed by atoms with E-state index in [0.29, 0.717) is 24.4 Å². The third-order valence-electron chi connectivity index (χ3n) is 3.43. The number of hydrogen-bond donors (Lipinski definition) is 2. The van der Waals surface area contributed by atoms with Gasteiger partial charge in [-0.3, -0.25) is 0 Å².